The van der Waals surface area contributed by atoms with Crippen molar-refractivity contribution in [2.24, 2.45) is 0 Å². The van der Waals surface area contributed by atoms with E-state index in [0.717, 1.165) is 25.9 Å². The minimum atomic E-state index is 0.109. The lowest BCUT2D eigenvalue weighted by Gasteiger charge is -2.39. The molecule has 0 spiro atoms. The van der Waals surface area contributed by atoms with Gasteiger partial charge in [0.25, 0.3) is 0 Å². The average molecular weight is 255 g/mol. The monoisotopic (exact) mass is 255 g/mol. The lowest BCUT2D eigenvalue weighted by atomic mass is 9.98. The highest BCUT2D eigenvalue weighted by molar-refractivity contribution is 4.90. The molecular weight excluding hydrogens is 226 g/mol. The number of nitrogens with one attached hydrogen (secondary N) is 1. The molecule has 1 saturated heterocycles. The second-order valence-electron chi connectivity index (χ2n) is 6.14. The van der Waals surface area contributed by atoms with Gasteiger partial charge in [0, 0.05) is 6.54 Å². The minimum Gasteiger partial charge on any atom is -0.375 e. The van der Waals surface area contributed by atoms with Gasteiger partial charge in [-0.25, -0.2) is 0 Å². The first-order valence-electron chi connectivity index (χ1n) is 7.67. The lowest BCUT2D eigenvalue weighted by molar-refractivity contribution is -0.154. The van der Waals surface area contributed by atoms with Crippen LogP contribution in [0.3, 0.4) is 0 Å². The van der Waals surface area contributed by atoms with Gasteiger partial charge in [0.2, 0.25) is 0 Å². The van der Waals surface area contributed by atoms with Gasteiger partial charge >= 0.3 is 0 Å². The van der Waals surface area contributed by atoms with Crippen LogP contribution in [-0.2, 0) is 9.47 Å². The van der Waals surface area contributed by atoms with Gasteiger partial charge in [-0.15, -0.1) is 0 Å². The highest BCUT2D eigenvalue weighted by atomic mass is 16.5. The Kier molecular flexibility index (Phi) is 5.05. The molecule has 3 heteroatoms. The highest BCUT2D eigenvalue weighted by Crippen LogP contribution is 2.36. The van der Waals surface area contributed by atoms with E-state index in [0.29, 0.717) is 18.3 Å². The van der Waals surface area contributed by atoms with Crippen LogP contribution in [0.4, 0.5) is 0 Å². The van der Waals surface area contributed by atoms with E-state index >= 15 is 0 Å². The maximum absolute atomic E-state index is 6.54. The highest BCUT2D eigenvalue weighted by Gasteiger charge is 2.38. The van der Waals surface area contributed by atoms with Gasteiger partial charge in [0.05, 0.1) is 23.9 Å². The first-order chi connectivity index (χ1) is 8.63. The molecule has 2 atom stereocenters. The van der Waals surface area contributed by atoms with E-state index in [9.17, 15) is 0 Å². The third-order valence-electron chi connectivity index (χ3n) is 4.28. The van der Waals surface area contributed by atoms with E-state index in [1.54, 1.807) is 0 Å². The zero-order valence-corrected chi connectivity index (χ0v) is 12.2. The largest absolute Gasteiger partial charge is 0.375 e. The van der Waals surface area contributed by atoms with Crippen molar-refractivity contribution in [3.63, 3.8) is 0 Å². The van der Waals surface area contributed by atoms with Crippen LogP contribution < -0.4 is 5.32 Å². The number of hydrogen-bond donors (Lipinski definition) is 1. The summed E-state index contributed by atoms with van der Waals surface area (Å²) in [6.45, 7) is 8.55. The van der Waals surface area contributed by atoms with Crippen LogP contribution in [0.25, 0.3) is 0 Å². The molecule has 0 bridgehead atoms. The molecule has 0 aromatic heterocycles. The number of hydrogen-bond acceptors (Lipinski definition) is 3. The van der Waals surface area contributed by atoms with Crippen molar-refractivity contribution in [2.75, 3.05) is 13.1 Å². The second kappa shape index (κ2) is 6.36. The number of likely N-dealkylation sites (N-methyl/N-ethyl adjacent to an activating group) is 1. The van der Waals surface area contributed by atoms with Gasteiger partial charge in [-0.1, -0.05) is 19.8 Å². The first-order valence-corrected chi connectivity index (χ1v) is 7.67. The molecule has 0 amide bonds. The summed E-state index contributed by atoms with van der Waals surface area (Å²) < 4.78 is 12.3. The van der Waals surface area contributed by atoms with E-state index < -0.39 is 0 Å². The summed E-state index contributed by atoms with van der Waals surface area (Å²) >= 11 is 0. The van der Waals surface area contributed by atoms with Crippen LogP contribution in [0.15, 0.2) is 0 Å². The maximum Gasteiger partial charge on any atom is 0.0810 e. The van der Waals surface area contributed by atoms with E-state index in [-0.39, 0.29) is 5.60 Å². The van der Waals surface area contributed by atoms with Crippen LogP contribution >= 0.6 is 0 Å². The van der Waals surface area contributed by atoms with Crippen LogP contribution in [-0.4, -0.2) is 37.0 Å². The summed E-state index contributed by atoms with van der Waals surface area (Å²) in [6, 6.07) is 0. The van der Waals surface area contributed by atoms with Crippen molar-refractivity contribution in [1.82, 2.24) is 5.32 Å². The number of ether oxygens (including phenoxy) is 2. The first kappa shape index (κ1) is 14.3. The SMILES string of the molecule is CCNCC1(OC2CC(C)OC(C)C2)CCCC1. The third kappa shape index (κ3) is 3.69. The van der Waals surface area contributed by atoms with Crippen molar-refractivity contribution in [3.8, 4) is 0 Å². The van der Waals surface area contributed by atoms with Gasteiger partial charge in [0.15, 0.2) is 0 Å². The average Bonchev–Trinajstić information content (AvgIpc) is 2.74. The van der Waals surface area contributed by atoms with Crippen LogP contribution in [0.5, 0.6) is 0 Å². The second-order valence-corrected chi connectivity index (χ2v) is 6.14. The topological polar surface area (TPSA) is 30.5 Å². The normalized spacial score (nSPS) is 35.8. The van der Waals surface area contributed by atoms with Crippen molar-refractivity contribution in [2.45, 2.75) is 83.2 Å². The fraction of sp³-hybridized carbons (Fsp3) is 1.00. The van der Waals surface area contributed by atoms with E-state index in [2.05, 4.69) is 26.1 Å². The van der Waals surface area contributed by atoms with Gasteiger partial charge in [0.1, 0.15) is 0 Å². The van der Waals surface area contributed by atoms with Gasteiger partial charge in [-0.05, 0) is 46.1 Å². The summed E-state index contributed by atoms with van der Waals surface area (Å²) in [6.07, 6.45) is 8.27. The van der Waals surface area contributed by atoms with Gasteiger partial charge in [-0.3, -0.25) is 0 Å². The molecule has 18 heavy (non-hydrogen) atoms. The molecule has 1 aliphatic heterocycles. The van der Waals surface area contributed by atoms with E-state index in [1.807, 2.05) is 0 Å². The fourth-order valence-electron chi connectivity index (χ4n) is 3.50. The Morgan fingerprint density at radius 3 is 2.33 bits per heavy atom. The van der Waals surface area contributed by atoms with Crippen molar-refractivity contribution in [3.05, 3.63) is 0 Å². The molecule has 2 fully saturated rings. The Labute approximate surface area is 112 Å². The molecule has 1 aliphatic carbocycles. The quantitative estimate of drug-likeness (QED) is 0.819. The lowest BCUT2D eigenvalue weighted by Crippen LogP contribution is -2.46. The molecule has 0 radical (unpaired) electrons. The summed E-state index contributed by atoms with van der Waals surface area (Å²) in [5.74, 6) is 0. The molecule has 2 unspecified atom stereocenters. The molecule has 1 N–H and O–H groups in total. The molecule has 2 aliphatic rings. The number of rotatable bonds is 5. The molecule has 2 rings (SSSR count). The fourth-order valence-corrected chi connectivity index (χ4v) is 3.50. The Hall–Kier alpha value is -0.120. The van der Waals surface area contributed by atoms with Gasteiger partial charge < -0.3 is 14.8 Å². The Morgan fingerprint density at radius 2 is 1.78 bits per heavy atom. The predicted octanol–water partition coefficient (Wildman–Crippen LogP) is 2.88. The summed E-state index contributed by atoms with van der Waals surface area (Å²) in [5, 5.41) is 3.49. The van der Waals surface area contributed by atoms with Crippen molar-refractivity contribution in [1.29, 1.82) is 0 Å². The molecule has 1 saturated carbocycles. The van der Waals surface area contributed by atoms with Crippen molar-refractivity contribution >= 4 is 0 Å². The standard InChI is InChI=1S/C15H29NO2/c1-4-16-11-15(7-5-6-8-15)18-14-9-12(2)17-13(3)10-14/h12-14,16H,4-11H2,1-3H3. The van der Waals surface area contributed by atoms with Gasteiger partial charge in [-0.2, -0.15) is 0 Å². The minimum absolute atomic E-state index is 0.109. The predicted molar refractivity (Wildman–Crippen MR) is 73.9 cm³/mol. The Bertz CT molecular complexity index is 241. The summed E-state index contributed by atoms with van der Waals surface area (Å²) in [4.78, 5) is 0. The Morgan fingerprint density at radius 1 is 1.17 bits per heavy atom. The van der Waals surface area contributed by atoms with Crippen molar-refractivity contribution < 1.29 is 9.47 Å². The van der Waals surface area contributed by atoms with E-state index in [1.165, 1.54) is 25.7 Å². The summed E-state index contributed by atoms with van der Waals surface area (Å²) in [5.41, 5.74) is 0.109. The third-order valence-corrected chi connectivity index (χ3v) is 4.28. The molecule has 0 aromatic rings. The van der Waals surface area contributed by atoms with Crippen LogP contribution in [0.2, 0.25) is 0 Å². The smallest absolute Gasteiger partial charge is 0.0810 e. The maximum atomic E-state index is 6.54. The summed E-state index contributed by atoms with van der Waals surface area (Å²) in [7, 11) is 0. The zero-order chi connectivity index (χ0) is 13.0. The molecule has 1 heterocycles. The molecule has 0 aromatic carbocycles. The van der Waals surface area contributed by atoms with E-state index in [4.69, 9.17) is 9.47 Å². The molecular formula is C15H29NO2. The van der Waals surface area contributed by atoms with Crippen LogP contribution in [0, 0.1) is 0 Å². The molecule has 106 valence electrons. The zero-order valence-electron chi connectivity index (χ0n) is 12.2. The Balaban J connectivity index is 1.91. The molecule has 3 nitrogen and oxygen atoms in total. The van der Waals surface area contributed by atoms with Crippen LogP contribution in [0.1, 0.15) is 59.3 Å².